The topological polar surface area (TPSA) is 76.5 Å². The molecule has 29 heavy (non-hydrogen) atoms. The van der Waals surface area contributed by atoms with Crippen molar-refractivity contribution in [1.82, 2.24) is 20.0 Å². The fraction of sp³-hybridized carbons (Fsp3) is 0.450. The van der Waals surface area contributed by atoms with E-state index in [2.05, 4.69) is 10.4 Å². The molecule has 1 atom stereocenters. The molecule has 0 bridgehead atoms. The second-order valence-electron chi connectivity index (χ2n) is 8.14. The predicted octanol–water partition coefficient (Wildman–Crippen LogP) is 3.36. The van der Waals surface area contributed by atoms with E-state index in [1.54, 1.807) is 11.7 Å². The van der Waals surface area contributed by atoms with Crippen molar-refractivity contribution in [1.29, 1.82) is 0 Å². The number of carbonyl (C=O) groups excluding carboxylic acids is 2. The van der Waals surface area contributed by atoms with Gasteiger partial charge in [-0.05, 0) is 30.4 Å². The molecule has 7 nitrogen and oxygen atoms in total. The van der Waals surface area contributed by atoms with Crippen LogP contribution in [0, 0.1) is 5.92 Å². The van der Waals surface area contributed by atoms with Crippen molar-refractivity contribution in [3.8, 4) is 0 Å². The van der Waals surface area contributed by atoms with Crippen LogP contribution in [-0.4, -0.2) is 45.4 Å². The highest BCUT2D eigenvalue weighted by Gasteiger charge is 2.52. The van der Waals surface area contributed by atoms with Crippen LogP contribution >= 0.6 is 23.2 Å². The van der Waals surface area contributed by atoms with E-state index in [0.717, 1.165) is 29.7 Å². The predicted molar refractivity (Wildman–Crippen MR) is 107 cm³/mol. The highest BCUT2D eigenvalue weighted by molar-refractivity contribution is 6.41. The fourth-order valence-electron chi connectivity index (χ4n) is 4.91. The van der Waals surface area contributed by atoms with Crippen molar-refractivity contribution in [2.45, 2.75) is 30.9 Å². The number of carbonyl (C=O) groups is 2. The summed E-state index contributed by atoms with van der Waals surface area (Å²) in [6.07, 6.45) is 1.70. The summed E-state index contributed by atoms with van der Waals surface area (Å²) in [5.74, 6) is 0.312. The van der Waals surface area contributed by atoms with Gasteiger partial charge in [-0.3, -0.25) is 9.48 Å². The first-order valence-corrected chi connectivity index (χ1v) is 10.4. The molecule has 152 valence electrons. The highest BCUT2D eigenvalue weighted by atomic mass is 35.5. The number of nitrogens with one attached hydrogen (secondary N) is 1. The van der Waals surface area contributed by atoms with Crippen LogP contribution in [0.5, 0.6) is 0 Å². The minimum atomic E-state index is -0.397. The molecule has 3 heterocycles. The van der Waals surface area contributed by atoms with Gasteiger partial charge in [-0.1, -0.05) is 41.4 Å². The molecule has 0 radical (unpaired) electrons. The number of hydrogen-bond acceptors (Lipinski definition) is 4. The first kappa shape index (κ1) is 18.8. The van der Waals surface area contributed by atoms with Gasteiger partial charge in [0.05, 0.1) is 18.3 Å². The molecule has 3 aliphatic rings. The maximum Gasteiger partial charge on any atom is 0.407 e. The Balaban J connectivity index is 1.39. The Morgan fingerprint density at radius 3 is 2.69 bits per heavy atom. The Bertz CT molecular complexity index is 1020. The van der Waals surface area contributed by atoms with Gasteiger partial charge in [-0.2, -0.15) is 5.10 Å². The lowest BCUT2D eigenvalue weighted by Gasteiger charge is -2.44. The number of aromatic nitrogens is 2. The van der Waals surface area contributed by atoms with E-state index in [9.17, 15) is 9.59 Å². The summed E-state index contributed by atoms with van der Waals surface area (Å²) in [6, 6.07) is 7.56. The van der Waals surface area contributed by atoms with Crippen molar-refractivity contribution in [3.63, 3.8) is 0 Å². The lowest BCUT2D eigenvalue weighted by Crippen LogP contribution is -2.51. The first-order valence-electron chi connectivity index (χ1n) is 9.60. The van der Waals surface area contributed by atoms with Crippen LogP contribution in [0.2, 0.25) is 10.2 Å². The maximum absolute atomic E-state index is 13.2. The molecule has 1 N–H and O–H groups in total. The van der Waals surface area contributed by atoms with Crippen LogP contribution in [0.3, 0.4) is 0 Å². The molecule has 1 saturated heterocycles. The van der Waals surface area contributed by atoms with Gasteiger partial charge in [-0.25, -0.2) is 4.79 Å². The molecule has 9 heteroatoms. The van der Waals surface area contributed by atoms with Gasteiger partial charge >= 0.3 is 6.09 Å². The van der Waals surface area contributed by atoms with Gasteiger partial charge in [0.25, 0.3) is 5.91 Å². The Hall–Kier alpha value is -2.25. The van der Waals surface area contributed by atoms with E-state index in [1.807, 2.05) is 29.2 Å². The van der Waals surface area contributed by atoms with Crippen molar-refractivity contribution in [2.24, 2.45) is 13.0 Å². The fourth-order valence-corrected chi connectivity index (χ4v) is 5.37. The number of benzene rings is 1. The molecular formula is C20H20Cl2N4O3. The van der Waals surface area contributed by atoms with E-state index in [1.165, 1.54) is 0 Å². The Morgan fingerprint density at radius 1 is 1.28 bits per heavy atom. The largest absolute Gasteiger partial charge is 0.441 e. The van der Waals surface area contributed by atoms with Crippen LogP contribution in [-0.2, 0) is 18.2 Å². The SMILES string of the molecule is Cn1nc(Cl)c(Cl)c1CC1c2ccccc2C(=O)N1CC1CC2(CNC(=O)O2)C1. The van der Waals surface area contributed by atoms with Crippen molar-refractivity contribution in [2.75, 3.05) is 13.1 Å². The smallest absolute Gasteiger partial charge is 0.407 e. The van der Waals surface area contributed by atoms with Crippen molar-refractivity contribution in [3.05, 3.63) is 51.3 Å². The average Bonchev–Trinajstić information content (AvgIpc) is 3.26. The monoisotopic (exact) mass is 434 g/mol. The molecule has 5 rings (SSSR count). The van der Waals surface area contributed by atoms with Crippen LogP contribution < -0.4 is 5.32 Å². The molecule has 1 aromatic heterocycles. The zero-order valence-electron chi connectivity index (χ0n) is 15.8. The third-order valence-corrected chi connectivity index (χ3v) is 7.04. The average molecular weight is 435 g/mol. The summed E-state index contributed by atoms with van der Waals surface area (Å²) in [7, 11) is 1.80. The van der Waals surface area contributed by atoms with E-state index < -0.39 is 5.60 Å². The number of hydrogen-bond donors (Lipinski definition) is 1. The van der Waals surface area contributed by atoms with Crippen molar-refractivity contribution >= 4 is 35.2 Å². The summed E-state index contributed by atoms with van der Waals surface area (Å²) in [6.45, 7) is 1.16. The summed E-state index contributed by atoms with van der Waals surface area (Å²) < 4.78 is 7.10. The quantitative estimate of drug-likeness (QED) is 0.799. The molecule has 1 aromatic carbocycles. The van der Waals surface area contributed by atoms with Gasteiger partial charge in [0.1, 0.15) is 10.6 Å². The standard InChI is InChI=1S/C20H20Cl2N4O3/c1-25-15(16(21)17(22)24-25)6-14-12-4-2-3-5-13(12)18(27)26(14)9-11-7-20(8-11)10-23-19(28)29-20/h2-5,11,14H,6-10H2,1H3,(H,23,28). The third kappa shape index (κ3) is 2.99. The van der Waals surface area contributed by atoms with Crippen LogP contribution in [0.4, 0.5) is 4.79 Å². The first-order chi connectivity index (χ1) is 13.9. The molecule has 2 fully saturated rings. The third-order valence-electron chi connectivity index (χ3n) is 6.28. The van der Waals surface area contributed by atoms with E-state index in [4.69, 9.17) is 27.9 Å². The van der Waals surface area contributed by atoms with Gasteiger partial charge in [-0.15, -0.1) is 0 Å². The lowest BCUT2D eigenvalue weighted by molar-refractivity contribution is -0.0555. The van der Waals surface area contributed by atoms with Gasteiger partial charge in [0, 0.05) is 25.6 Å². The Labute approximate surface area is 177 Å². The lowest BCUT2D eigenvalue weighted by atomic mass is 9.70. The van der Waals surface area contributed by atoms with Crippen LogP contribution in [0.25, 0.3) is 0 Å². The van der Waals surface area contributed by atoms with E-state index in [0.29, 0.717) is 24.5 Å². The minimum absolute atomic E-state index is 0.0254. The normalized spacial score (nSPS) is 27.8. The molecular weight excluding hydrogens is 415 g/mol. The number of ether oxygens (including phenoxy) is 1. The summed E-state index contributed by atoms with van der Waals surface area (Å²) in [4.78, 5) is 26.5. The molecule has 2 aromatic rings. The number of nitrogens with zero attached hydrogens (tertiary/aromatic N) is 3. The minimum Gasteiger partial charge on any atom is -0.441 e. The zero-order chi connectivity index (χ0) is 20.3. The highest BCUT2D eigenvalue weighted by Crippen LogP contribution is 2.46. The maximum atomic E-state index is 13.2. The van der Waals surface area contributed by atoms with Gasteiger partial charge < -0.3 is 15.0 Å². The molecule has 1 saturated carbocycles. The Morgan fingerprint density at radius 2 is 2.03 bits per heavy atom. The molecule has 1 aliphatic carbocycles. The van der Waals surface area contributed by atoms with Crippen LogP contribution in [0.1, 0.15) is 40.5 Å². The zero-order valence-corrected chi connectivity index (χ0v) is 17.3. The summed E-state index contributed by atoms with van der Waals surface area (Å²) in [5, 5.41) is 7.61. The summed E-state index contributed by atoms with van der Waals surface area (Å²) >= 11 is 12.5. The molecule has 2 amide bonds. The molecule has 1 spiro atoms. The molecule has 1 unspecified atom stereocenters. The van der Waals surface area contributed by atoms with Gasteiger partial charge in [0.15, 0.2) is 5.15 Å². The Kier molecular flexibility index (Phi) is 4.29. The summed E-state index contributed by atoms with van der Waals surface area (Å²) in [5.41, 5.74) is 2.13. The van der Waals surface area contributed by atoms with Crippen LogP contribution in [0.15, 0.2) is 24.3 Å². The second kappa shape index (κ2) is 6.64. The molecule has 2 aliphatic heterocycles. The van der Waals surface area contributed by atoms with E-state index in [-0.39, 0.29) is 29.1 Å². The van der Waals surface area contributed by atoms with E-state index >= 15 is 0 Å². The number of halogens is 2. The number of aryl methyl sites for hydroxylation is 1. The van der Waals surface area contributed by atoms with Crippen molar-refractivity contribution < 1.29 is 14.3 Å². The number of fused-ring (bicyclic) bond motifs is 1. The number of amides is 2. The number of alkyl carbamates (subject to hydrolysis) is 1. The number of rotatable bonds is 4. The second-order valence-corrected chi connectivity index (χ2v) is 8.88. The van der Waals surface area contributed by atoms with Gasteiger partial charge in [0.2, 0.25) is 0 Å².